The number of aromatic nitrogens is 4. The fourth-order valence-corrected chi connectivity index (χ4v) is 5.50. The van der Waals surface area contributed by atoms with Crippen molar-refractivity contribution in [3.63, 3.8) is 0 Å². The number of hydrogen-bond acceptors (Lipinski definition) is 6. The van der Waals surface area contributed by atoms with Crippen LogP contribution in [0.5, 0.6) is 5.75 Å². The van der Waals surface area contributed by atoms with E-state index in [4.69, 9.17) is 4.74 Å². The first kappa shape index (κ1) is 23.5. The Bertz CT molecular complexity index is 1260. The van der Waals surface area contributed by atoms with Crippen LogP contribution in [0.3, 0.4) is 0 Å². The van der Waals surface area contributed by atoms with Crippen LogP contribution in [0.1, 0.15) is 5.56 Å². The molecule has 0 spiro atoms. The Hall–Kier alpha value is -2.69. The van der Waals surface area contributed by atoms with E-state index in [2.05, 4.69) is 52.4 Å². The molecule has 1 amide bonds. The van der Waals surface area contributed by atoms with E-state index >= 15 is 0 Å². The number of aryl methyl sites for hydroxylation is 1. The van der Waals surface area contributed by atoms with Gasteiger partial charge in [0.1, 0.15) is 5.75 Å². The van der Waals surface area contributed by atoms with Gasteiger partial charge < -0.3 is 10.1 Å². The van der Waals surface area contributed by atoms with E-state index in [0.29, 0.717) is 16.7 Å². The fourth-order valence-electron chi connectivity index (χ4n) is 3.13. The molecule has 1 N–H and O–H groups in total. The Kier molecular flexibility index (Phi) is 7.46. The summed E-state index contributed by atoms with van der Waals surface area (Å²) in [4.78, 5) is 16.9. The first-order valence-corrected chi connectivity index (χ1v) is 12.4. The molecule has 7 nitrogen and oxygen atoms in total. The molecule has 0 saturated heterocycles. The zero-order valence-corrected chi connectivity index (χ0v) is 21.7. The van der Waals surface area contributed by atoms with Crippen LogP contribution >= 0.6 is 43.6 Å². The number of pyridine rings is 1. The van der Waals surface area contributed by atoms with Crippen molar-refractivity contribution in [1.29, 1.82) is 0 Å². The number of nitrogens with zero attached hydrogens (tertiary/aromatic N) is 4. The number of ether oxygens (including phenoxy) is 1. The van der Waals surface area contributed by atoms with Crippen molar-refractivity contribution in [2.24, 2.45) is 0 Å². The van der Waals surface area contributed by atoms with Gasteiger partial charge in [-0.1, -0.05) is 11.8 Å². The number of rotatable bonds is 7. The second kappa shape index (κ2) is 10.5. The van der Waals surface area contributed by atoms with Gasteiger partial charge in [-0.15, -0.1) is 10.2 Å². The molecule has 0 aliphatic rings. The number of amides is 1. The second-order valence-electron chi connectivity index (χ2n) is 7.02. The molecule has 33 heavy (non-hydrogen) atoms. The van der Waals surface area contributed by atoms with E-state index in [1.54, 1.807) is 19.5 Å². The smallest absolute Gasteiger partial charge is 0.234 e. The average molecular weight is 589 g/mol. The monoisotopic (exact) mass is 587 g/mol. The second-order valence-corrected chi connectivity index (χ2v) is 9.67. The van der Waals surface area contributed by atoms with Gasteiger partial charge in [0.2, 0.25) is 5.91 Å². The molecule has 0 radical (unpaired) electrons. The van der Waals surface area contributed by atoms with Crippen LogP contribution in [-0.2, 0) is 4.79 Å². The number of hydrogen-bond donors (Lipinski definition) is 1. The molecule has 2 heterocycles. The van der Waals surface area contributed by atoms with Gasteiger partial charge in [-0.05, 0) is 92.9 Å². The van der Waals surface area contributed by atoms with Gasteiger partial charge >= 0.3 is 0 Å². The van der Waals surface area contributed by atoms with Crippen molar-refractivity contribution < 1.29 is 9.53 Å². The van der Waals surface area contributed by atoms with Crippen LogP contribution in [0, 0.1) is 6.92 Å². The van der Waals surface area contributed by atoms with Crippen molar-refractivity contribution in [3.05, 3.63) is 75.4 Å². The molecule has 0 saturated carbocycles. The maximum Gasteiger partial charge on any atom is 0.234 e. The van der Waals surface area contributed by atoms with Crippen LogP contribution in [0.25, 0.3) is 17.1 Å². The maximum atomic E-state index is 12.7. The summed E-state index contributed by atoms with van der Waals surface area (Å²) >= 11 is 8.33. The minimum absolute atomic E-state index is 0.155. The molecule has 0 atom stereocenters. The number of carbonyl (C=O) groups is 1. The largest absolute Gasteiger partial charge is 0.497 e. The number of thioether (sulfide) groups is 1. The van der Waals surface area contributed by atoms with Crippen LogP contribution in [-0.4, -0.2) is 38.5 Å². The number of carbonyl (C=O) groups excluding carboxylic acids is 1. The van der Waals surface area contributed by atoms with Crippen LogP contribution in [0.15, 0.2) is 75.0 Å². The summed E-state index contributed by atoms with van der Waals surface area (Å²) in [5.74, 6) is 1.39. The standard InChI is InChI=1S/C23H19Br2N5O2S/c1-14-10-18(24)21(19(25)11-14)27-20(31)13-33-23-29-28-22(15-4-3-9-26-12-15)30(23)16-5-7-17(32-2)8-6-16/h3-12H,13H2,1-2H3,(H,27,31). The Balaban J connectivity index is 1.60. The molecule has 0 unspecified atom stereocenters. The fraction of sp³-hybridized carbons (Fsp3) is 0.130. The molecule has 0 fully saturated rings. The first-order chi connectivity index (χ1) is 16.0. The Morgan fingerprint density at radius 3 is 2.48 bits per heavy atom. The lowest BCUT2D eigenvalue weighted by atomic mass is 10.2. The van der Waals surface area contributed by atoms with E-state index in [-0.39, 0.29) is 11.7 Å². The molecule has 0 aliphatic heterocycles. The summed E-state index contributed by atoms with van der Waals surface area (Å²) in [7, 11) is 1.62. The molecule has 0 aliphatic carbocycles. The minimum atomic E-state index is -0.155. The highest BCUT2D eigenvalue weighted by atomic mass is 79.9. The van der Waals surface area contributed by atoms with Crippen molar-refractivity contribution in [1.82, 2.24) is 19.7 Å². The third-order valence-electron chi connectivity index (χ3n) is 4.67. The predicted molar refractivity (Wildman–Crippen MR) is 137 cm³/mol. The summed E-state index contributed by atoms with van der Waals surface area (Å²) in [5.41, 5.74) is 3.45. The summed E-state index contributed by atoms with van der Waals surface area (Å²) in [5, 5.41) is 12.3. The summed E-state index contributed by atoms with van der Waals surface area (Å²) < 4.78 is 8.81. The molecule has 0 bridgehead atoms. The van der Waals surface area contributed by atoms with Gasteiger partial charge in [-0.3, -0.25) is 14.3 Å². The number of methoxy groups -OCH3 is 1. The van der Waals surface area contributed by atoms with Crippen molar-refractivity contribution in [3.8, 4) is 22.8 Å². The molecule has 4 rings (SSSR count). The van der Waals surface area contributed by atoms with Gasteiger partial charge in [-0.25, -0.2) is 0 Å². The lowest BCUT2D eigenvalue weighted by Gasteiger charge is -2.12. The highest BCUT2D eigenvalue weighted by molar-refractivity contribution is 9.11. The Labute approximate surface area is 212 Å². The van der Waals surface area contributed by atoms with Crippen LogP contribution < -0.4 is 10.1 Å². The normalized spacial score (nSPS) is 10.8. The van der Waals surface area contributed by atoms with Crippen LogP contribution in [0.2, 0.25) is 0 Å². The van der Waals surface area contributed by atoms with Gasteiger partial charge in [0, 0.05) is 32.6 Å². The molecular weight excluding hydrogens is 570 g/mol. The van der Waals surface area contributed by atoms with Crippen LogP contribution in [0.4, 0.5) is 5.69 Å². The van der Waals surface area contributed by atoms with E-state index in [9.17, 15) is 4.79 Å². The number of nitrogens with one attached hydrogen (secondary N) is 1. The van der Waals surface area contributed by atoms with Gasteiger partial charge in [0.25, 0.3) is 0 Å². The first-order valence-electron chi connectivity index (χ1n) is 9.85. The van der Waals surface area contributed by atoms with Crippen molar-refractivity contribution >= 4 is 55.2 Å². The van der Waals surface area contributed by atoms with E-state index in [1.165, 1.54) is 11.8 Å². The molecular formula is C23H19Br2N5O2S. The number of benzene rings is 2. The minimum Gasteiger partial charge on any atom is -0.497 e. The highest BCUT2D eigenvalue weighted by Gasteiger charge is 2.18. The molecule has 10 heteroatoms. The lowest BCUT2D eigenvalue weighted by Crippen LogP contribution is -2.15. The summed E-state index contributed by atoms with van der Waals surface area (Å²) in [6, 6.07) is 15.3. The molecule has 2 aromatic heterocycles. The Morgan fingerprint density at radius 1 is 1.12 bits per heavy atom. The zero-order valence-electron chi connectivity index (χ0n) is 17.8. The van der Waals surface area contributed by atoms with E-state index in [0.717, 1.165) is 31.5 Å². The molecule has 4 aromatic rings. The molecule has 168 valence electrons. The maximum absolute atomic E-state index is 12.7. The van der Waals surface area contributed by atoms with E-state index < -0.39 is 0 Å². The average Bonchev–Trinajstić information content (AvgIpc) is 3.24. The lowest BCUT2D eigenvalue weighted by molar-refractivity contribution is -0.113. The SMILES string of the molecule is COc1ccc(-n2c(SCC(=O)Nc3c(Br)cc(C)cc3Br)nnc2-c2cccnc2)cc1. The highest BCUT2D eigenvalue weighted by Crippen LogP contribution is 2.33. The van der Waals surface area contributed by atoms with Gasteiger partial charge in [0.05, 0.1) is 18.6 Å². The van der Waals surface area contributed by atoms with Gasteiger partial charge in [0.15, 0.2) is 11.0 Å². The van der Waals surface area contributed by atoms with Crippen molar-refractivity contribution in [2.75, 3.05) is 18.2 Å². The topological polar surface area (TPSA) is 81.9 Å². The Morgan fingerprint density at radius 2 is 1.85 bits per heavy atom. The number of anilines is 1. The van der Waals surface area contributed by atoms with Gasteiger partial charge in [-0.2, -0.15) is 0 Å². The van der Waals surface area contributed by atoms with Crippen molar-refractivity contribution in [2.45, 2.75) is 12.1 Å². The third-order valence-corrected chi connectivity index (χ3v) is 6.85. The summed E-state index contributed by atoms with van der Waals surface area (Å²) in [6.07, 6.45) is 3.44. The quantitative estimate of drug-likeness (QED) is 0.271. The summed E-state index contributed by atoms with van der Waals surface area (Å²) in [6.45, 7) is 1.99. The zero-order chi connectivity index (χ0) is 23.4. The predicted octanol–water partition coefficient (Wildman–Crippen LogP) is 5.90. The number of halogens is 2. The molecule has 2 aromatic carbocycles. The van der Waals surface area contributed by atoms with E-state index in [1.807, 2.05) is 60.0 Å². The third kappa shape index (κ3) is 5.45.